The highest BCUT2D eigenvalue weighted by atomic mass is 32.2. The summed E-state index contributed by atoms with van der Waals surface area (Å²) in [6.07, 6.45) is 0. The minimum absolute atomic E-state index is 0.224. The van der Waals surface area contributed by atoms with Gasteiger partial charge in [-0.05, 0) is 12.1 Å². The molecule has 0 amide bonds. The molecule has 0 radical (unpaired) electrons. The molecule has 0 atom stereocenters. The Labute approximate surface area is 153 Å². The van der Waals surface area contributed by atoms with Crippen molar-refractivity contribution >= 4 is 34.9 Å². The van der Waals surface area contributed by atoms with Gasteiger partial charge in [0.2, 0.25) is 0 Å². The molecule has 9 heteroatoms. The SMILES string of the molecule is Fc1cccc(CSc2nnc(SCc3cccc(F)c3F)s2)c1F. The van der Waals surface area contributed by atoms with E-state index in [9.17, 15) is 17.6 Å². The van der Waals surface area contributed by atoms with E-state index < -0.39 is 23.3 Å². The van der Waals surface area contributed by atoms with Crippen LogP contribution in [0.15, 0.2) is 45.1 Å². The van der Waals surface area contributed by atoms with E-state index in [-0.39, 0.29) is 22.6 Å². The van der Waals surface area contributed by atoms with E-state index in [1.54, 1.807) is 0 Å². The first kappa shape index (κ1) is 18.2. The summed E-state index contributed by atoms with van der Waals surface area (Å²) in [4.78, 5) is 0. The van der Waals surface area contributed by atoms with Crippen molar-refractivity contribution in [1.82, 2.24) is 10.2 Å². The fourth-order valence-electron chi connectivity index (χ4n) is 1.91. The van der Waals surface area contributed by atoms with E-state index in [1.165, 1.54) is 59.1 Å². The Morgan fingerprint density at radius 3 is 1.60 bits per heavy atom. The molecule has 25 heavy (non-hydrogen) atoms. The maximum absolute atomic E-state index is 13.6. The Balaban J connectivity index is 1.59. The predicted octanol–water partition coefficient (Wildman–Crippen LogP) is 5.68. The number of hydrogen-bond donors (Lipinski definition) is 0. The monoisotopic (exact) mass is 402 g/mol. The van der Waals surface area contributed by atoms with Crippen LogP contribution in [-0.2, 0) is 11.5 Å². The summed E-state index contributed by atoms with van der Waals surface area (Å²) in [5.74, 6) is -3.05. The lowest BCUT2D eigenvalue weighted by atomic mass is 10.2. The average molecular weight is 402 g/mol. The summed E-state index contributed by atoms with van der Waals surface area (Å²) in [6, 6.07) is 8.04. The second-order valence-electron chi connectivity index (χ2n) is 4.84. The molecule has 0 saturated heterocycles. The van der Waals surface area contributed by atoms with Gasteiger partial charge in [0.1, 0.15) is 0 Å². The van der Waals surface area contributed by atoms with Crippen molar-refractivity contribution < 1.29 is 17.6 Å². The van der Waals surface area contributed by atoms with E-state index in [4.69, 9.17) is 0 Å². The molecule has 3 aromatic rings. The summed E-state index contributed by atoms with van der Waals surface area (Å²) in [5, 5.41) is 7.92. The minimum atomic E-state index is -0.885. The number of benzene rings is 2. The minimum Gasteiger partial charge on any atom is -0.204 e. The van der Waals surface area contributed by atoms with Crippen molar-refractivity contribution in [2.75, 3.05) is 0 Å². The van der Waals surface area contributed by atoms with Crippen molar-refractivity contribution in [1.29, 1.82) is 0 Å². The van der Waals surface area contributed by atoms with Crippen LogP contribution in [0.3, 0.4) is 0 Å². The quantitative estimate of drug-likeness (QED) is 0.391. The number of nitrogens with zero attached hydrogens (tertiary/aromatic N) is 2. The molecule has 1 heterocycles. The molecule has 0 saturated carbocycles. The van der Waals surface area contributed by atoms with E-state index in [1.807, 2.05) is 0 Å². The molecule has 0 aliphatic rings. The lowest BCUT2D eigenvalue weighted by Crippen LogP contribution is -1.91. The molecular weight excluding hydrogens is 392 g/mol. The smallest absolute Gasteiger partial charge is 0.175 e. The Bertz CT molecular complexity index is 816. The second-order valence-corrected chi connectivity index (χ2v) is 8.26. The lowest BCUT2D eigenvalue weighted by Gasteiger charge is -2.01. The number of halogens is 4. The third kappa shape index (κ3) is 4.53. The van der Waals surface area contributed by atoms with Gasteiger partial charge in [-0.15, -0.1) is 10.2 Å². The molecule has 0 fully saturated rings. The molecule has 130 valence electrons. The molecule has 3 rings (SSSR count). The van der Waals surface area contributed by atoms with Gasteiger partial charge in [0.15, 0.2) is 31.9 Å². The van der Waals surface area contributed by atoms with Crippen LogP contribution in [0, 0.1) is 23.3 Å². The molecule has 0 spiro atoms. The van der Waals surface area contributed by atoms with Gasteiger partial charge in [-0.2, -0.15) is 0 Å². The van der Waals surface area contributed by atoms with E-state index in [0.29, 0.717) is 8.68 Å². The zero-order valence-electron chi connectivity index (χ0n) is 12.5. The lowest BCUT2D eigenvalue weighted by molar-refractivity contribution is 0.502. The van der Waals surface area contributed by atoms with Gasteiger partial charge in [-0.3, -0.25) is 0 Å². The Morgan fingerprint density at radius 1 is 0.720 bits per heavy atom. The van der Waals surface area contributed by atoms with Crippen LogP contribution in [0.5, 0.6) is 0 Å². The largest absolute Gasteiger partial charge is 0.204 e. The number of aromatic nitrogens is 2. The topological polar surface area (TPSA) is 25.8 Å². The molecule has 0 unspecified atom stereocenters. The van der Waals surface area contributed by atoms with Crippen LogP contribution >= 0.6 is 34.9 Å². The van der Waals surface area contributed by atoms with Gasteiger partial charge in [0.25, 0.3) is 0 Å². The summed E-state index contributed by atoms with van der Waals surface area (Å²) >= 11 is 3.73. The van der Waals surface area contributed by atoms with Gasteiger partial charge in [0.05, 0.1) is 0 Å². The molecule has 0 bridgehead atoms. The third-order valence-electron chi connectivity index (χ3n) is 3.15. The van der Waals surface area contributed by atoms with Crippen LogP contribution in [0.25, 0.3) is 0 Å². The number of thioether (sulfide) groups is 2. The highest BCUT2D eigenvalue weighted by Gasteiger charge is 2.12. The van der Waals surface area contributed by atoms with Crippen molar-refractivity contribution in [3.63, 3.8) is 0 Å². The van der Waals surface area contributed by atoms with Crippen LogP contribution in [0.4, 0.5) is 17.6 Å². The van der Waals surface area contributed by atoms with Gasteiger partial charge < -0.3 is 0 Å². The van der Waals surface area contributed by atoms with E-state index in [0.717, 1.165) is 12.1 Å². The van der Waals surface area contributed by atoms with Gasteiger partial charge in [-0.25, -0.2) is 17.6 Å². The molecular formula is C16H10F4N2S3. The molecule has 1 aromatic heterocycles. The standard InChI is InChI=1S/C16H10F4N2S3/c17-11-5-1-3-9(13(11)19)7-23-15-21-22-16(25-15)24-8-10-4-2-6-12(18)14(10)20/h1-6H,7-8H2. The molecule has 2 aromatic carbocycles. The zero-order valence-corrected chi connectivity index (χ0v) is 15.0. The van der Waals surface area contributed by atoms with Gasteiger partial charge >= 0.3 is 0 Å². The van der Waals surface area contributed by atoms with Crippen LogP contribution < -0.4 is 0 Å². The fraction of sp³-hybridized carbons (Fsp3) is 0.125. The van der Waals surface area contributed by atoms with Crippen molar-refractivity contribution in [3.8, 4) is 0 Å². The molecule has 0 aliphatic carbocycles. The normalized spacial score (nSPS) is 11.0. The highest BCUT2D eigenvalue weighted by Crippen LogP contribution is 2.33. The first-order valence-electron chi connectivity index (χ1n) is 6.99. The maximum atomic E-state index is 13.6. The maximum Gasteiger partial charge on any atom is 0.175 e. The number of hydrogen-bond acceptors (Lipinski definition) is 5. The fourth-order valence-corrected chi connectivity index (χ4v) is 4.88. The van der Waals surface area contributed by atoms with Crippen molar-refractivity contribution in [2.24, 2.45) is 0 Å². The van der Waals surface area contributed by atoms with Crippen molar-refractivity contribution in [2.45, 2.75) is 20.2 Å². The molecule has 2 nitrogen and oxygen atoms in total. The van der Waals surface area contributed by atoms with Gasteiger partial charge in [-0.1, -0.05) is 59.1 Å². The Kier molecular flexibility index (Phi) is 5.98. The predicted molar refractivity (Wildman–Crippen MR) is 91.7 cm³/mol. The van der Waals surface area contributed by atoms with Crippen LogP contribution in [0.1, 0.15) is 11.1 Å². The highest BCUT2D eigenvalue weighted by molar-refractivity contribution is 8.02. The summed E-state index contributed by atoms with van der Waals surface area (Å²) in [5.41, 5.74) is 0.493. The number of rotatable bonds is 6. The zero-order chi connectivity index (χ0) is 17.8. The van der Waals surface area contributed by atoms with Crippen molar-refractivity contribution in [3.05, 3.63) is 70.8 Å². The summed E-state index contributed by atoms with van der Waals surface area (Å²) in [7, 11) is 0. The van der Waals surface area contributed by atoms with E-state index >= 15 is 0 Å². The summed E-state index contributed by atoms with van der Waals surface area (Å²) < 4.78 is 54.7. The van der Waals surface area contributed by atoms with E-state index in [2.05, 4.69) is 10.2 Å². The average Bonchev–Trinajstić information content (AvgIpc) is 3.05. The van der Waals surface area contributed by atoms with Crippen LogP contribution in [0.2, 0.25) is 0 Å². The Hall–Kier alpha value is -1.58. The van der Waals surface area contributed by atoms with Crippen LogP contribution in [-0.4, -0.2) is 10.2 Å². The first-order valence-corrected chi connectivity index (χ1v) is 9.78. The Morgan fingerprint density at radius 2 is 1.16 bits per heavy atom. The first-order chi connectivity index (χ1) is 12.0. The molecule has 0 aliphatic heterocycles. The van der Waals surface area contributed by atoms with Gasteiger partial charge in [0, 0.05) is 22.6 Å². The molecule has 0 N–H and O–H groups in total. The summed E-state index contributed by atoms with van der Waals surface area (Å²) in [6.45, 7) is 0. The second kappa shape index (κ2) is 8.20. The third-order valence-corrected chi connectivity index (χ3v) is 6.44.